The molecular formula is C21H20N4O3. The van der Waals surface area contributed by atoms with E-state index in [-0.39, 0.29) is 5.52 Å². The Morgan fingerprint density at radius 2 is 1.79 bits per heavy atom. The van der Waals surface area contributed by atoms with Gasteiger partial charge in [0.25, 0.3) is 0 Å². The molecule has 0 radical (unpaired) electrons. The molecule has 0 amide bonds. The van der Waals surface area contributed by atoms with Crippen molar-refractivity contribution >= 4 is 28.2 Å². The minimum atomic E-state index is -0.593. The van der Waals surface area contributed by atoms with E-state index in [4.69, 9.17) is 4.74 Å². The summed E-state index contributed by atoms with van der Waals surface area (Å²) in [5.41, 5.74) is 2.36. The number of nitrogens with one attached hydrogen (secondary N) is 2. The molecule has 0 saturated heterocycles. The molecule has 0 saturated carbocycles. The average Bonchev–Trinajstić information content (AvgIpc) is 3.06. The first-order valence-electron chi connectivity index (χ1n) is 8.97. The Morgan fingerprint density at radius 1 is 1.04 bits per heavy atom. The van der Waals surface area contributed by atoms with Crippen molar-refractivity contribution in [3.05, 3.63) is 74.4 Å². The van der Waals surface area contributed by atoms with Crippen LogP contribution >= 0.6 is 0 Å². The van der Waals surface area contributed by atoms with Crippen molar-refractivity contribution < 1.29 is 4.74 Å². The van der Waals surface area contributed by atoms with Crippen molar-refractivity contribution in [2.45, 2.75) is 19.8 Å². The fourth-order valence-electron chi connectivity index (χ4n) is 3.15. The molecule has 0 aliphatic rings. The number of aromatic nitrogens is 3. The molecule has 2 aromatic carbocycles. The van der Waals surface area contributed by atoms with E-state index in [2.05, 4.69) is 28.9 Å². The van der Waals surface area contributed by atoms with Crippen molar-refractivity contribution in [3.8, 4) is 5.75 Å². The van der Waals surface area contributed by atoms with E-state index < -0.39 is 11.2 Å². The van der Waals surface area contributed by atoms with E-state index in [1.54, 1.807) is 25.3 Å². The maximum atomic E-state index is 12.8. The molecule has 2 aromatic heterocycles. The van der Waals surface area contributed by atoms with Gasteiger partial charge in [0.15, 0.2) is 0 Å². The van der Waals surface area contributed by atoms with Crippen molar-refractivity contribution in [2.75, 3.05) is 7.11 Å². The quantitative estimate of drug-likeness (QED) is 0.536. The maximum Gasteiger partial charge on any atom is 0.350 e. The van der Waals surface area contributed by atoms with Crippen molar-refractivity contribution in [3.63, 3.8) is 0 Å². The van der Waals surface area contributed by atoms with Crippen LogP contribution in [0.1, 0.15) is 30.9 Å². The number of hydrogen-bond acceptors (Lipinski definition) is 4. The van der Waals surface area contributed by atoms with Gasteiger partial charge in [-0.1, -0.05) is 38.1 Å². The Bertz CT molecular complexity index is 1310. The molecule has 2 N–H and O–H groups in total. The standard InChI is InChI=1S/C21H20N4O3/c1-12(2)14-6-4-13(5-7-14)11-22-25-20(26)19-18(24-21(25)27)16-9-8-15(28-3)10-17(16)23-19/h4-12,23H,1-3H3,(H,24,27)/b22-11+. The third kappa shape index (κ3) is 3.00. The minimum absolute atomic E-state index is 0.287. The lowest BCUT2D eigenvalue weighted by Crippen LogP contribution is -2.32. The molecule has 142 valence electrons. The van der Waals surface area contributed by atoms with Crippen molar-refractivity contribution in [2.24, 2.45) is 5.10 Å². The highest BCUT2D eigenvalue weighted by atomic mass is 16.5. The number of H-pyrrole nitrogens is 2. The van der Waals surface area contributed by atoms with Crippen LogP contribution in [0.5, 0.6) is 5.75 Å². The summed E-state index contributed by atoms with van der Waals surface area (Å²) in [5.74, 6) is 1.09. The van der Waals surface area contributed by atoms with Crippen molar-refractivity contribution in [1.82, 2.24) is 14.6 Å². The maximum absolute atomic E-state index is 12.8. The summed E-state index contributed by atoms with van der Waals surface area (Å²) in [6.07, 6.45) is 1.50. The Balaban J connectivity index is 1.80. The summed E-state index contributed by atoms with van der Waals surface area (Å²) in [6, 6.07) is 13.2. The molecule has 0 aliphatic heterocycles. The van der Waals surface area contributed by atoms with Gasteiger partial charge in [-0.05, 0) is 29.2 Å². The first kappa shape index (κ1) is 17.8. The predicted molar refractivity (Wildman–Crippen MR) is 111 cm³/mol. The lowest BCUT2D eigenvalue weighted by Gasteiger charge is -2.04. The summed E-state index contributed by atoms with van der Waals surface area (Å²) in [6.45, 7) is 4.24. The first-order valence-corrected chi connectivity index (χ1v) is 8.97. The van der Waals surface area contributed by atoms with Gasteiger partial charge in [-0.2, -0.15) is 5.10 Å². The molecule has 4 aromatic rings. The molecule has 0 spiro atoms. The molecule has 0 fully saturated rings. The van der Waals surface area contributed by atoms with Crippen LogP contribution in [-0.2, 0) is 0 Å². The second-order valence-corrected chi connectivity index (χ2v) is 6.90. The van der Waals surface area contributed by atoms with E-state index in [1.807, 2.05) is 24.3 Å². The molecule has 7 heteroatoms. The average molecular weight is 376 g/mol. The molecule has 4 rings (SSSR count). The van der Waals surface area contributed by atoms with Crippen LogP contribution in [0.15, 0.2) is 57.2 Å². The topological polar surface area (TPSA) is 92.2 Å². The molecule has 0 atom stereocenters. The van der Waals surface area contributed by atoms with Gasteiger partial charge in [0.2, 0.25) is 0 Å². The normalized spacial score (nSPS) is 11.9. The number of rotatable bonds is 4. The second-order valence-electron chi connectivity index (χ2n) is 6.90. The fourth-order valence-corrected chi connectivity index (χ4v) is 3.15. The predicted octanol–water partition coefficient (Wildman–Crippen LogP) is 3.19. The van der Waals surface area contributed by atoms with Crippen LogP contribution in [-0.4, -0.2) is 28.0 Å². The third-order valence-electron chi connectivity index (χ3n) is 4.76. The zero-order valence-electron chi connectivity index (χ0n) is 15.8. The van der Waals surface area contributed by atoms with Gasteiger partial charge < -0.3 is 14.7 Å². The van der Waals surface area contributed by atoms with Gasteiger partial charge in [0.05, 0.1) is 24.4 Å². The molecule has 7 nitrogen and oxygen atoms in total. The first-order chi connectivity index (χ1) is 13.5. The summed E-state index contributed by atoms with van der Waals surface area (Å²) in [4.78, 5) is 31.0. The summed E-state index contributed by atoms with van der Waals surface area (Å²) < 4.78 is 6.03. The van der Waals surface area contributed by atoms with Gasteiger partial charge >= 0.3 is 11.2 Å². The zero-order chi connectivity index (χ0) is 19.8. The van der Waals surface area contributed by atoms with E-state index >= 15 is 0 Å². The molecular weight excluding hydrogens is 356 g/mol. The van der Waals surface area contributed by atoms with E-state index in [9.17, 15) is 9.59 Å². The minimum Gasteiger partial charge on any atom is -0.497 e. The summed E-state index contributed by atoms with van der Waals surface area (Å²) >= 11 is 0. The van der Waals surface area contributed by atoms with Gasteiger partial charge in [0, 0.05) is 11.5 Å². The number of methoxy groups -OCH3 is 1. The van der Waals surface area contributed by atoms with Gasteiger partial charge in [0.1, 0.15) is 11.3 Å². The number of nitrogens with zero attached hydrogens (tertiary/aromatic N) is 2. The fraction of sp³-hybridized carbons (Fsp3) is 0.190. The Hall–Kier alpha value is -3.61. The van der Waals surface area contributed by atoms with E-state index in [0.717, 1.165) is 15.6 Å². The van der Waals surface area contributed by atoms with Gasteiger partial charge in [-0.25, -0.2) is 4.79 Å². The highest BCUT2D eigenvalue weighted by Crippen LogP contribution is 2.24. The second kappa shape index (κ2) is 6.84. The van der Waals surface area contributed by atoms with Crippen LogP contribution in [0, 0.1) is 0 Å². The Labute approximate surface area is 160 Å². The number of ether oxygens (including phenoxy) is 1. The lowest BCUT2D eigenvalue weighted by atomic mass is 10.0. The van der Waals surface area contributed by atoms with Crippen LogP contribution in [0.2, 0.25) is 0 Å². The third-order valence-corrected chi connectivity index (χ3v) is 4.76. The summed E-state index contributed by atoms with van der Waals surface area (Å²) in [7, 11) is 1.57. The van der Waals surface area contributed by atoms with Crippen molar-refractivity contribution in [1.29, 1.82) is 0 Å². The monoisotopic (exact) mass is 376 g/mol. The van der Waals surface area contributed by atoms with E-state index in [0.29, 0.717) is 22.7 Å². The number of hydrogen-bond donors (Lipinski definition) is 2. The smallest absolute Gasteiger partial charge is 0.350 e. The molecule has 2 heterocycles. The molecule has 28 heavy (non-hydrogen) atoms. The lowest BCUT2D eigenvalue weighted by molar-refractivity contribution is 0.415. The van der Waals surface area contributed by atoms with Gasteiger partial charge in [-0.3, -0.25) is 4.79 Å². The SMILES string of the molecule is COc1ccc2c(c1)[nH]c1c(=O)n(/N=C/c3ccc(C(C)C)cc3)c(=O)[nH]c12. The van der Waals surface area contributed by atoms with Gasteiger partial charge in [-0.15, -0.1) is 4.68 Å². The van der Waals surface area contributed by atoms with Crippen LogP contribution in [0.25, 0.3) is 21.9 Å². The molecule has 0 aliphatic carbocycles. The highest BCUT2D eigenvalue weighted by Gasteiger charge is 2.13. The Kier molecular flexibility index (Phi) is 4.35. The number of fused-ring (bicyclic) bond motifs is 3. The van der Waals surface area contributed by atoms with Crippen LogP contribution in [0.3, 0.4) is 0 Å². The van der Waals surface area contributed by atoms with Crippen LogP contribution in [0.4, 0.5) is 0 Å². The number of aromatic amines is 2. The molecule has 0 bridgehead atoms. The van der Waals surface area contributed by atoms with E-state index in [1.165, 1.54) is 11.8 Å². The zero-order valence-corrected chi connectivity index (χ0v) is 15.8. The largest absolute Gasteiger partial charge is 0.497 e. The van der Waals surface area contributed by atoms with Crippen LogP contribution < -0.4 is 16.0 Å². The highest BCUT2D eigenvalue weighted by molar-refractivity contribution is 6.04. The Morgan fingerprint density at radius 3 is 2.46 bits per heavy atom. The summed E-state index contributed by atoms with van der Waals surface area (Å²) in [5, 5.41) is 4.84. The number of benzene rings is 2. The molecule has 0 unspecified atom stereocenters.